The molecule has 6 heteroatoms. The second-order valence-corrected chi connectivity index (χ2v) is 6.84. The minimum Gasteiger partial charge on any atom is -0.494 e. The first-order chi connectivity index (χ1) is 12.7. The second-order valence-electron chi connectivity index (χ2n) is 5.81. The first-order valence-corrected chi connectivity index (χ1v) is 9.40. The van der Waals surface area contributed by atoms with Gasteiger partial charge in [0.2, 0.25) is 5.91 Å². The molecule has 0 saturated carbocycles. The van der Waals surface area contributed by atoms with Crippen LogP contribution < -0.4 is 10.1 Å². The number of nitrogens with one attached hydrogen (secondary N) is 1. The minimum atomic E-state index is -0.0581. The van der Waals surface area contributed by atoms with E-state index >= 15 is 0 Å². The van der Waals surface area contributed by atoms with Crippen molar-refractivity contribution in [2.75, 3.05) is 18.5 Å². The van der Waals surface area contributed by atoms with Crippen LogP contribution in [-0.4, -0.2) is 24.0 Å². The highest BCUT2D eigenvalue weighted by atomic mass is 32.1. The number of benzene rings is 1. The third-order valence-electron chi connectivity index (χ3n) is 3.74. The first kappa shape index (κ1) is 18.2. The quantitative estimate of drug-likeness (QED) is 0.607. The van der Waals surface area contributed by atoms with Crippen LogP contribution in [0.2, 0.25) is 0 Å². The molecule has 136 valence electrons. The summed E-state index contributed by atoms with van der Waals surface area (Å²) in [5.41, 5.74) is 0.757. The van der Waals surface area contributed by atoms with Gasteiger partial charge in [0.1, 0.15) is 11.5 Å². The Kier molecular flexibility index (Phi) is 6.46. The van der Waals surface area contributed by atoms with Gasteiger partial charge in [-0.25, -0.2) is 0 Å². The van der Waals surface area contributed by atoms with Crippen molar-refractivity contribution in [3.63, 3.8) is 0 Å². The summed E-state index contributed by atoms with van der Waals surface area (Å²) >= 11 is 1.68. The van der Waals surface area contributed by atoms with Crippen molar-refractivity contribution in [2.45, 2.75) is 20.0 Å². The van der Waals surface area contributed by atoms with Crippen molar-refractivity contribution in [1.29, 1.82) is 0 Å². The van der Waals surface area contributed by atoms with Crippen LogP contribution in [0.3, 0.4) is 0 Å². The maximum Gasteiger partial charge on any atom is 0.238 e. The van der Waals surface area contributed by atoms with E-state index in [0.29, 0.717) is 19.7 Å². The number of carbonyl (C=O) groups excluding carboxylic acids is 1. The van der Waals surface area contributed by atoms with Crippen molar-refractivity contribution in [2.24, 2.45) is 0 Å². The number of rotatable bonds is 9. The van der Waals surface area contributed by atoms with Gasteiger partial charge in [-0.15, -0.1) is 11.3 Å². The number of anilines is 1. The topological polar surface area (TPSA) is 54.7 Å². The molecule has 26 heavy (non-hydrogen) atoms. The fraction of sp³-hybridized carbons (Fsp3) is 0.250. The summed E-state index contributed by atoms with van der Waals surface area (Å²) in [5.74, 6) is 1.58. The molecular formula is C20H22N2O3S. The summed E-state index contributed by atoms with van der Waals surface area (Å²) in [6, 6.07) is 15.3. The van der Waals surface area contributed by atoms with Crippen LogP contribution in [0.15, 0.2) is 64.6 Å². The van der Waals surface area contributed by atoms with E-state index in [4.69, 9.17) is 9.15 Å². The Labute approximate surface area is 157 Å². The monoisotopic (exact) mass is 370 g/mol. The largest absolute Gasteiger partial charge is 0.494 e. The van der Waals surface area contributed by atoms with Crippen LogP contribution in [0.25, 0.3) is 0 Å². The number of hydrogen-bond acceptors (Lipinski definition) is 5. The molecule has 0 atom stereocenters. The van der Waals surface area contributed by atoms with E-state index in [1.54, 1.807) is 17.6 Å². The Bertz CT molecular complexity index is 747. The second kappa shape index (κ2) is 9.22. The Morgan fingerprint density at radius 2 is 2.00 bits per heavy atom. The van der Waals surface area contributed by atoms with E-state index < -0.39 is 0 Å². The number of amides is 1. The van der Waals surface area contributed by atoms with Gasteiger partial charge >= 0.3 is 0 Å². The number of thiophene rings is 1. The highest BCUT2D eigenvalue weighted by Gasteiger charge is 2.14. The summed E-state index contributed by atoms with van der Waals surface area (Å²) < 4.78 is 10.9. The molecular weight excluding hydrogens is 348 g/mol. The summed E-state index contributed by atoms with van der Waals surface area (Å²) in [6.07, 6.45) is 1.65. The van der Waals surface area contributed by atoms with Crippen molar-refractivity contribution in [3.05, 3.63) is 70.8 Å². The number of hydrogen-bond donors (Lipinski definition) is 1. The maximum absolute atomic E-state index is 12.5. The lowest BCUT2D eigenvalue weighted by Crippen LogP contribution is -2.32. The lowest BCUT2D eigenvalue weighted by molar-refractivity contribution is -0.117. The molecule has 2 heterocycles. The van der Waals surface area contributed by atoms with Gasteiger partial charge in [-0.3, -0.25) is 9.69 Å². The Balaban J connectivity index is 1.60. The molecule has 0 bridgehead atoms. The lowest BCUT2D eigenvalue weighted by Gasteiger charge is -2.20. The van der Waals surface area contributed by atoms with Gasteiger partial charge < -0.3 is 14.5 Å². The van der Waals surface area contributed by atoms with E-state index in [0.717, 1.165) is 17.2 Å². The Morgan fingerprint density at radius 3 is 2.65 bits per heavy atom. The fourth-order valence-corrected chi connectivity index (χ4v) is 3.36. The minimum absolute atomic E-state index is 0.0581. The molecule has 1 amide bonds. The smallest absolute Gasteiger partial charge is 0.238 e. The summed E-state index contributed by atoms with van der Waals surface area (Å²) in [5, 5.41) is 4.98. The van der Waals surface area contributed by atoms with Gasteiger partial charge in [-0.05, 0) is 54.8 Å². The van der Waals surface area contributed by atoms with Crippen molar-refractivity contribution >= 4 is 22.9 Å². The van der Waals surface area contributed by atoms with Crippen LogP contribution in [-0.2, 0) is 17.9 Å². The molecule has 1 aromatic carbocycles. The van der Waals surface area contributed by atoms with Gasteiger partial charge in [0.05, 0.1) is 26.0 Å². The zero-order chi connectivity index (χ0) is 18.2. The number of furan rings is 1. The van der Waals surface area contributed by atoms with Gasteiger partial charge in [-0.1, -0.05) is 6.07 Å². The molecule has 0 fully saturated rings. The third-order valence-corrected chi connectivity index (χ3v) is 4.60. The summed E-state index contributed by atoms with van der Waals surface area (Å²) in [7, 11) is 0. The van der Waals surface area contributed by atoms with Gasteiger partial charge in [0.15, 0.2) is 0 Å². The lowest BCUT2D eigenvalue weighted by atomic mass is 10.3. The van der Waals surface area contributed by atoms with Crippen LogP contribution in [0, 0.1) is 0 Å². The van der Waals surface area contributed by atoms with Gasteiger partial charge in [0, 0.05) is 17.1 Å². The standard InChI is InChI=1S/C20H22N2O3S/c1-2-24-17-9-7-16(8-10-17)21-20(23)15-22(13-18-5-3-11-25-18)14-19-6-4-12-26-19/h3-12H,2,13-15H2,1H3,(H,21,23). The molecule has 0 aliphatic heterocycles. The van der Waals surface area contributed by atoms with Crippen LogP contribution in [0.1, 0.15) is 17.6 Å². The first-order valence-electron chi connectivity index (χ1n) is 8.53. The van der Waals surface area contributed by atoms with Crippen LogP contribution in [0.5, 0.6) is 5.75 Å². The molecule has 1 N–H and O–H groups in total. The zero-order valence-electron chi connectivity index (χ0n) is 14.7. The third kappa shape index (κ3) is 5.47. The molecule has 0 radical (unpaired) electrons. The summed E-state index contributed by atoms with van der Waals surface area (Å²) in [6.45, 7) is 4.13. The van der Waals surface area contributed by atoms with E-state index in [1.165, 1.54) is 4.88 Å². The zero-order valence-corrected chi connectivity index (χ0v) is 15.5. The average molecular weight is 370 g/mol. The van der Waals surface area contributed by atoms with Gasteiger partial charge in [0.25, 0.3) is 0 Å². The molecule has 0 saturated heterocycles. The van der Waals surface area contributed by atoms with E-state index in [2.05, 4.69) is 16.3 Å². The molecule has 0 aliphatic rings. The Hall–Kier alpha value is -2.57. The number of nitrogens with zero attached hydrogens (tertiary/aromatic N) is 1. The molecule has 3 aromatic rings. The SMILES string of the molecule is CCOc1ccc(NC(=O)CN(Cc2ccco2)Cc2cccs2)cc1. The predicted octanol–water partition coefficient (Wildman–Crippen LogP) is 4.38. The molecule has 5 nitrogen and oxygen atoms in total. The van der Waals surface area contributed by atoms with E-state index in [-0.39, 0.29) is 12.5 Å². The Morgan fingerprint density at radius 1 is 1.15 bits per heavy atom. The van der Waals surface area contributed by atoms with E-state index in [9.17, 15) is 4.79 Å². The van der Waals surface area contributed by atoms with Crippen LogP contribution in [0.4, 0.5) is 5.69 Å². The normalized spacial score (nSPS) is 10.8. The highest BCUT2D eigenvalue weighted by molar-refractivity contribution is 7.09. The molecule has 2 aromatic heterocycles. The van der Waals surface area contributed by atoms with Crippen molar-refractivity contribution < 1.29 is 13.9 Å². The molecule has 0 unspecified atom stereocenters. The average Bonchev–Trinajstić information content (AvgIpc) is 3.31. The molecule has 0 aliphatic carbocycles. The van der Waals surface area contributed by atoms with E-state index in [1.807, 2.05) is 54.8 Å². The van der Waals surface area contributed by atoms with Gasteiger partial charge in [-0.2, -0.15) is 0 Å². The van der Waals surface area contributed by atoms with Crippen molar-refractivity contribution in [1.82, 2.24) is 4.90 Å². The summed E-state index contributed by atoms with van der Waals surface area (Å²) in [4.78, 5) is 15.8. The maximum atomic E-state index is 12.5. The predicted molar refractivity (Wildman–Crippen MR) is 103 cm³/mol. The number of ether oxygens (including phenoxy) is 1. The van der Waals surface area contributed by atoms with Crippen molar-refractivity contribution in [3.8, 4) is 5.75 Å². The van der Waals surface area contributed by atoms with Crippen LogP contribution >= 0.6 is 11.3 Å². The highest BCUT2D eigenvalue weighted by Crippen LogP contribution is 2.17. The number of carbonyl (C=O) groups is 1. The molecule has 0 spiro atoms. The fourth-order valence-electron chi connectivity index (χ4n) is 2.62. The molecule has 3 rings (SSSR count).